The molecule has 0 spiro atoms. The first-order valence-corrected chi connectivity index (χ1v) is 6.62. The number of nitrogens with zero attached hydrogens (tertiary/aromatic N) is 3. The molecule has 0 radical (unpaired) electrons. The van der Waals surface area contributed by atoms with E-state index in [2.05, 4.69) is 28.8 Å². The Kier molecular flexibility index (Phi) is 5.15. The fourth-order valence-electron chi connectivity index (χ4n) is 1.73. The average molecular weight is 270 g/mol. The van der Waals surface area contributed by atoms with E-state index in [1.807, 2.05) is 28.9 Å². The summed E-state index contributed by atoms with van der Waals surface area (Å²) in [4.78, 5) is 4.20. The Morgan fingerprint density at radius 1 is 1.30 bits per heavy atom. The molecular weight excluding hydrogens is 252 g/mol. The molecule has 1 heterocycles. The number of nitrogens with two attached hydrogens (primary N) is 1. The Balaban J connectivity index is 1.95. The monoisotopic (exact) mass is 270 g/mol. The van der Waals surface area contributed by atoms with Gasteiger partial charge in [-0.25, -0.2) is 9.67 Å². The molecule has 2 N–H and O–H groups in total. The first-order valence-electron chi connectivity index (χ1n) is 6.62. The zero-order chi connectivity index (χ0) is 14.2. The van der Waals surface area contributed by atoms with Crippen molar-refractivity contribution >= 4 is 0 Å². The smallest absolute Gasteiger partial charge is 0.164 e. The van der Waals surface area contributed by atoms with E-state index < -0.39 is 0 Å². The lowest BCUT2D eigenvalue weighted by Crippen LogP contribution is -2.08. The summed E-state index contributed by atoms with van der Waals surface area (Å²) in [6.45, 7) is 3.74. The maximum Gasteiger partial charge on any atom is 0.164 e. The molecule has 0 saturated carbocycles. The number of ether oxygens (including phenoxy) is 1. The second kappa shape index (κ2) is 7.31. The van der Waals surface area contributed by atoms with Gasteiger partial charge in [0.15, 0.2) is 5.82 Å². The van der Waals surface area contributed by atoms with Gasteiger partial charge in [-0.2, -0.15) is 5.10 Å². The van der Waals surface area contributed by atoms with Gasteiger partial charge in [-0.1, -0.05) is 18.8 Å². The van der Waals surface area contributed by atoms with Gasteiger partial charge < -0.3 is 10.5 Å². The number of hydrogen-bond acceptors (Lipinski definition) is 4. The van der Waals surface area contributed by atoms with Crippen molar-refractivity contribution in [3.05, 3.63) is 42.0 Å². The SMILES string of the molecule is CCCn1ncnc1COc1ccc(C#CCN)cc1. The molecule has 5 heteroatoms. The van der Waals surface area contributed by atoms with E-state index in [1.165, 1.54) is 0 Å². The Morgan fingerprint density at radius 3 is 2.80 bits per heavy atom. The summed E-state index contributed by atoms with van der Waals surface area (Å²) in [5.41, 5.74) is 6.26. The first-order chi connectivity index (χ1) is 9.83. The topological polar surface area (TPSA) is 66.0 Å². The molecule has 2 aromatic rings. The summed E-state index contributed by atoms with van der Waals surface area (Å²) in [6.07, 6.45) is 2.57. The normalized spacial score (nSPS) is 9.90. The zero-order valence-corrected chi connectivity index (χ0v) is 11.5. The minimum Gasteiger partial charge on any atom is -0.486 e. The van der Waals surface area contributed by atoms with Crippen LogP contribution < -0.4 is 10.5 Å². The van der Waals surface area contributed by atoms with E-state index in [0.717, 1.165) is 30.1 Å². The number of aromatic nitrogens is 3. The van der Waals surface area contributed by atoms with Gasteiger partial charge >= 0.3 is 0 Å². The van der Waals surface area contributed by atoms with Crippen molar-refractivity contribution in [3.8, 4) is 17.6 Å². The Labute approximate surface area is 118 Å². The van der Waals surface area contributed by atoms with Crippen LogP contribution in [0.25, 0.3) is 0 Å². The third-order valence-electron chi connectivity index (χ3n) is 2.69. The van der Waals surface area contributed by atoms with Crippen molar-refractivity contribution in [2.75, 3.05) is 6.54 Å². The van der Waals surface area contributed by atoms with Crippen LogP contribution in [-0.4, -0.2) is 21.3 Å². The van der Waals surface area contributed by atoms with Crippen LogP contribution in [0.1, 0.15) is 24.7 Å². The summed E-state index contributed by atoms with van der Waals surface area (Å²) in [7, 11) is 0. The number of hydrogen-bond donors (Lipinski definition) is 1. The standard InChI is InChI=1S/C15H18N4O/c1-2-10-19-15(17-12-18-19)11-20-14-7-5-13(6-8-14)4-3-9-16/h5-8,12H,2,9-11,16H2,1H3. The molecule has 0 saturated heterocycles. The van der Waals surface area contributed by atoms with E-state index in [1.54, 1.807) is 6.33 Å². The van der Waals surface area contributed by atoms with Crippen LogP contribution in [-0.2, 0) is 13.2 Å². The molecular formula is C15H18N4O. The third-order valence-corrected chi connectivity index (χ3v) is 2.69. The number of aryl methyl sites for hydroxylation is 1. The lowest BCUT2D eigenvalue weighted by Gasteiger charge is -2.07. The van der Waals surface area contributed by atoms with Crippen LogP contribution in [0.5, 0.6) is 5.75 Å². The molecule has 5 nitrogen and oxygen atoms in total. The maximum atomic E-state index is 5.70. The van der Waals surface area contributed by atoms with Crippen LogP contribution in [0.3, 0.4) is 0 Å². The number of benzene rings is 1. The van der Waals surface area contributed by atoms with Crippen molar-refractivity contribution in [3.63, 3.8) is 0 Å². The van der Waals surface area contributed by atoms with Gasteiger partial charge in [0.1, 0.15) is 18.7 Å². The molecule has 0 unspecified atom stereocenters. The molecule has 1 aromatic carbocycles. The quantitative estimate of drug-likeness (QED) is 0.838. The molecule has 0 fully saturated rings. The zero-order valence-electron chi connectivity index (χ0n) is 11.5. The molecule has 104 valence electrons. The summed E-state index contributed by atoms with van der Waals surface area (Å²) in [5.74, 6) is 7.40. The lowest BCUT2D eigenvalue weighted by molar-refractivity contribution is 0.286. The van der Waals surface area contributed by atoms with Gasteiger partial charge in [-0.05, 0) is 30.7 Å². The fraction of sp³-hybridized carbons (Fsp3) is 0.333. The van der Waals surface area contributed by atoms with Gasteiger partial charge in [0.25, 0.3) is 0 Å². The minimum absolute atomic E-state index is 0.366. The largest absolute Gasteiger partial charge is 0.486 e. The van der Waals surface area contributed by atoms with Crippen molar-refractivity contribution < 1.29 is 4.74 Å². The van der Waals surface area contributed by atoms with Gasteiger partial charge in [0.2, 0.25) is 0 Å². The molecule has 0 bridgehead atoms. The molecule has 20 heavy (non-hydrogen) atoms. The van der Waals surface area contributed by atoms with Gasteiger partial charge in [-0.15, -0.1) is 0 Å². The Hall–Kier alpha value is -2.32. The highest BCUT2D eigenvalue weighted by atomic mass is 16.5. The van der Waals surface area contributed by atoms with Crippen molar-refractivity contribution in [1.29, 1.82) is 0 Å². The second-order valence-corrected chi connectivity index (χ2v) is 4.22. The third kappa shape index (κ3) is 3.84. The lowest BCUT2D eigenvalue weighted by atomic mass is 10.2. The molecule has 0 aliphatic carbocycles. The Bertz CT molecular complexity index is 592. The fourth-order valence-corrected chi connectivity index (χ4v) is 1.73. The van der Waals surface area contributed by atoms with E-state index in [-0.39, 0.29) is 0 Å². The molecule has 2 rings (SSSR count). The van der Waals surface area contributed by atoms with Crippen molar-refractivity contribution in [2.24, 2.45) is 5.73 Å². The highest BCUT2D eigenvalue weighted by molar-refractivity contribution is 5.38. The molecule has 1 aromatic heterocycles. The molecule has 0 amide bonds. The highest BCUT2D eigenvalue weighted by Gasteiger charge is 2.04. The van der Waals surface area contributed by atoms with Gasteiger partial charge in [0.05, 0.1) is 6.54 Å². The highest BCUT2D eigenvalue weighted by Crippen LogP contribution is 2.13. The second-order valence-electron chi connectivity index (χ2n) is 4.22. The van der Waals surface area contributed by atoms with Gasteiger partial charge in [-0.3, -0.25) is 0 Å². The van der Waals surface area contributed by atoms with E-state index in [9.17, 15) is 0 Å². The van der Waals surface area contributed by atoms with Gasteiger partial charge in [0, 0.05) is 12.1 Å². The predicted octanol–water partition coefficient (Wildman–Crippen LogP) is 1.58. The first kappa shape index (κ1) is 14.1. The van der Waals surface area contributed by atoms with E-state index >= 15 is 0 Å². The number of rotatable bonds is 5. The van der Waals surface area contributed by atoms with Crippen LogP contribution >= 0.6 is 0 Å². The van der Waals surface area contributed by atoms with E-state index in [0.29, 0.717) is 13.2 Å². The van der Waals surface area contributed by atoms with Crippen molar-refractivity contribution in [2.45, 2.75) is 26.5 Å². The molecule has 0 aliphatic heterocycles. The van der Waals surface area contributed by atoms with Crippen LogP contribution in [0.2, 0.25) is 0 Å². The van der Waals surface area contributed by atoms with Crippen LogP contribution in [0.15, 0.2) is 30.6 Å². The summed E-state index contributed by atoms with van der Waals surface area (Å²) >= 11 is 0. The van der Waals surface area contributed by atoms with Crippen LogP contribution in [0.4, 0.5) is 0 Å². The summed E-state index contributed by atoms with van der Waals surface area (Å²) in [6, 6.07) is 7.60. The van der Waals surface area contributed by atoms with E-state index in [4.69, 9.17) is 10.5 Å². The molecule has 0 aliphatic rings. The minimum atomic E-state index is 0.366. The molecule has 0 atom stereocenters. The Morgan fingerprint density at radius 2 is 2.10 bits per heavy atom. The summed E-state index contributed by atoms with van der Waals surface area (Å²) < 4.78 is 7.56. The average Bonchev–Trinajstić information content (AvgIpc) is 2.92. The van der Waals surface area contributed by atoms with Crippen molar-refractivity contribution in [1.82, 2.24) is 14.8 Å². The summed E-state index contributed by atoms with van der Waals surface area (Å²) in [5, 5.41) is 4.16. The maximum absolute atomic E-state index is 5.70. The van der Waals surface area contributed by atoms with Crippen LogP contribution in [0, 0.1) is 11.8 Å². The predicted molar refractivity (Wildman–Crippen MR) is 77.0 cm³/mol.